The van der Waals surface area contributed by atoms with E-state index in [-0.39, 0.29) is 17.7 Å². The Morgan fingerprint density at radius 2 is 1.89 bits per heavy atom. The zero-order valence-electron chi connectivity index (χ0n) is 12.4. The van der Waals surface area contributed by atoms with E-state index in [4.69, 9.17) is 0 Å². The molecule has 5 nitrogen and oxygen atoms in total. The van der Waals surface area contributed by atoms with Crippen LogP contribution >= 0.6 is 0 Å². The molecule has 1 saturated heterocycles. The van der Waals surface area contributed by atoms with Gasteiger partial charge < -0.3 is 15.5 Å². The minimum atomic E-state index is 0.0755. The monoisotopic (exact) mass is 269 g/mol. The normalized spacial score (nSPS) is 18.2. The van der Waals surface area contributed by atoms with Gasteiger partial charge >= 0.3 is 0 Å². The number of carbonyl (C=O) groups excluding carboxylic acids is 2. The van der Waals surface area contributed by atoms with E-state index >= 15 is 0 Å². The summed E-state index contributed by atoms with van der Waals surface area (Å²) in [5, 5.41) is 6.07. The van der Waals surface area contributed by atoms with Crippen LogP contribution in [-0.2, 0) is 9.59 Å². The fraction of sp³-hybridized carbons (Fsp3) is 0.857. The predicted octanol–water partition coefficient (Wildman–Crippen LogP) is 0.749. The van der Waals surface area contributed by atoms with Crippen LogP contribution in [0.1, 0.15) is 40.0 Å². The Morgan fingerprint density at radius 3 is 2.42 bits per heavy atom. The van der Waals surface area contributed by atoms with Crippen molar-refractivity contribution >= 4 is 11.8 Å². The topological polar surface area (TPSA) is 61.4 Å². The van der Waals surface area contributed by atoms with Crippen molar-refractivity contribution in [2.24, 2.45) is 5.92 Å². The molecule has 0 aliphatic carbocycles. The average molecular weight is 269 g/mol. The highest BCUT2D eigenvalue weighted by molar-refractivity contribution is 5.80. The summed E-state index contributed by atoms with van der Waals surface area (Å²) in [4.78, 5) is 25.6. The van der Waals surface area contributed by atoms with Crippen molar-refractivity contribution in [3.8, 4) is 0 Å². The van der Waals surface area contributed by atoms with Crippen LogP contribution in [-0.4, -0.2) is 48.9 Å². The fourth-order valence-electron chi connectivity index (χ4n) is 2.23. The van der Waals surface area contributed by atoms with Gasteiger partial charge in [0, 0.05) is 31.6 Å². The molecule has 0 aromatic rings. The lowest BCUT2D eigenvalue weighted by Gasteiger charge is -2.31. The van der Waals surface area contributed by atoms with Gasteiger partial charge in [-0.25, -0.2) is 0 Å². The predicted molar refractivity (Wildman–Crippen MR) is 75.7 cm³/mol. The number of likely N-dealkylation sites (tertiary alicyclic amines) is 1. The first-order chi connectivity index (χ1) is 9.08. The van der Waals surface area contributed by atoms with Gasteiger partial charge in [0.2, 0.25) is 11.8 Å². The Labute approximate surface area is 116 Å². The fourth-order valence-corrected chi connectivity index (χ4v) is 2.23. The van der Waals surface area contributed by atoms with Gasteiger partial charge in [-0.1, -0.05) is 6.92 Å². The quantitative estimate of drug-likeness (QED) is 0.748. The summed E-state index contributed by atoms with van der Waals surface area (Å²) in [6.45, 7) is 8.58. The van der Waals surface area contributed by atoms with Crippen LogP contribution in [0.15, 0.2) is 0 Å². The zero-order valence-corrected chi connectivity index (χ0v) is 12.4. The molecule has 0 aromatic heterocycles. The first kappa shape index (κ1) is 16.0. The molecule has 1 aliphatic heterocycles. The van der Waals surface area contributed by atoms with Gasteiger partial charge in [0.15, 0.2) is 0 Å². The third-order valence-electron chi connectivity index (χ3n) is 3.78. The van der Waals surface area contributed by atoms with Crippen LogP contribution in [0.3, 0.4) is 0 Å². The van der Waals surface area contributed by atoms with Crippen molar-refractivity contribution in [1.82, 2.24) is 15.5 Å². The van der Waals surface area contributed by atoms with Crippen molar-refractivity contribution in [3.05, 3.63) is 0 Å². The molecule has 0 spiro atoms. The molecule has 0 radical (unpaired) electrons. The van der Waals surface area contributed by atoms with E-state index in [9.17, 15) is 9.59 Å². The van der Waals surface area contributed by atoms with Gasteiger partial charge in [0.05, 0.1) is 6.54 Å². The van der Waals surface area contributed by atoms with Crippen LogP contribution < -0.4 is 10.6 Å². The molecular formula is C14H27N3O2. The number of amides is 2. The minimum absolute atomic E-state index is 0.0755. The lowest BCUT2D eigenvalue weighted by atomic mass is 9.96. The summed E-state index contributed by atoms with van der Waals surface area (Å²) in [5.74, 6) is 0.355. The second-order valence-electron chi connectivity index (χ2n) is 5.24. The molecule has 19 heavy (non-hydrogen) atoms. The van der Waals surface area contributed by atoms with Crippen LogP contribution in [0.4, 0.5) is 0 Å². The van der Waals surface area contributed by atoms with E-state index in [0.29, 0.717) is 32.2 Å². The van der Waals surface area contributed by atoms with Crippen LogP contribution in [0.5, 0.6) is 0 Å². The van der Waals surface area contributed by atoms with Crippen molar-refractivity contribution in [2.45, 2.75) is 46.1 Å². The third-order valence-corrected chi connectivity index (χ3v) is 3.78. The van der Waals surface area contributed by atoms with Gasteiger partial charge in [-0.3, -0.25) is 9.59 Å². The maximum absolute atomic E-state index is 12.0. The largest absolute Gasteiger partial charge is 0.356 e. The maximum Gasteiger partial charge on any atom is 0.236 e. The van der Waals surface area contributed by atoms with E-state index < -0.39 is 0 Å². The van der Waals surface area contributed by atoms with Gasteiger partial charge in [-0.05, 0) is 33.1 Å². The molecule has 110 valence electrons. The summed E-state index contributed by atoms with van der Waals surface area (Å²) >= 11 is 0. The Morgan fingerprint density at radius 1 is 1.26 bits per heavy atom. The number of nitrogens with zero attached hydrogens (tertiary/aromatic N) is 1. The average Bonchev–Trinajstić information content (AvgIpc) is 2.44. The number of nitrogens with one attached hydrogen (secondary N) is 2. The van der Waals surface area contributed by atoms with Crippen molar-refractivity contribution in [2.75, 3.05) is 26.2 Å². The van der Waals surface area contributed by atoms with Crippen LogP contribution in [0, 0.1) is 5.92 Å². The van der Waals surface area contributed by atoms with E-state index in [2.05, 4.69) is 24.5 Å². The molecule has 1 heterocycles. The Kier molecular flexibility index (Phi) is 6.84. The van der Waals surface area contributed by atoms with Gasteiger partial charge in [-0.15, -0.1) is 0 Å². The molecule has 2 amide bonds. The van der Waals surface area contributed by atoms with Crippen LogP contribution in [0.2, 0.25) is 0 Å². The van der Waals surface area contributed by atoms with E-state index in [1.807, 2.05) is 11.8 Å². The first-order valence-electron chi connectivity index (χ1n) is 7.37. The lowest BCUT2D eigenvalue weighted by molar-refractivity contribution is -0.135. The molecule has 1 fully saturated rings. The van der Waals surface area contributed by atoms with E-state index in [1.54, 1.807) is 0 Å². The molecule has 1 unspecified atom stereocenters. The SMILES string of the molecule is CCNC(=O)C1CCN(C(=O)CNC(C)CC)CC1. The molecule has 1 atom stereocenters. The Balaban J connectivity index is 2.29. The minimum Gasteiger partial charge on any atom is -0.356 e. The number of hydrogen-bond acceptors (Lipinski definition) is 3. The standard InChI is InChI=1S/C14H27N3O2/c1-4-11(3)16-10-13(18)17-8-6-12(7-9-17)14(19)15-5-2/h11-12,16H,4-10H2,1-3H3,(H,15,19). The number of carbonyl (C=O) groups is 2. The molecule has 2 N–H and O–H groups in total. The summed E-state index contributed by atoms with van der Waals surface area (Å²) < 4.78 is 0. The molecule has 1 rings (SSSR count). The second kappa shape index (κ2) is 8.15. The van der Waals surface area contributed by atoms with E-state index in [1.165, 1.54) is 0 Å². The molecule has 1 aliphatic rings. The number of rotatable bonds is 6. The highest BCUT2D eigenvalue weighted by atomic mass is 16.2. The number of piperidine rings is 1. The van der Waals surface area contributed by atoms with Crippen LogP contribution in [0.25, 0.3) is 0 Å². The zero-order chi connectivity index (χ0) is 14.3. The van der Waals surface area contributed by atoms with Crippen molar-refractivity contribution in [3.63, 3.8) is 0 Å². The molecule has 5 heteroatoms. The summed E-state index contributed by atoms with van der Waals surface area (Å²) in [7, 11) is 0. The van der Waals surface area contributed by atoms with Gasteiger partial charge in [0.1, 0.15) is 0 Å². The Bertz CT molecular complexity index is 299. The number of hydrogen-bond donors (Lipinski definition) is 2. The summed E-state index contributed by atoms with van der Waals surface area (Å²) in [6, 6.07) is 0.372. The van der Waals surface area contributed by atoms with Gasteiger partial charge in [0.25, 0.3) is 0 Å². The maximum atomic E-state index is 12.0. The molecular weight excluding hydrogens is 242 g/mol. The molecule has 0 saturated carbocycles. The summed E-state index contributed by atoms with van der Waals surface area (Å²) in [5.41, 5.74) is 0. The smallest absolute Gasteiger partial charge is 0.236 e. The highest BCUT2D eigenvalue weighted by Crippen LogP contribution is 2.17. The Hall–Kier alpha value is -1.10. The lowest BCUT2D eigenvalue weighted by Crippen LogP contribution is -2.46. The highest BCUT2D eigenvalue weighted by Gasteiger charge is 2.26. The molecule has 0 bridgehead atoms. The van der Waals surface area contributed by atoms with E-state index in [0.717, 1.165) is 19.3 Å². The van der Waals surface area contributed by atoms with Crippen molar-refractivity contribution < 1.29 is 9.59 Å². The third kappa shape index (κ3) is 5.19. The van der Waals surface area contributed by atoms with Crippen molar-refractivity contribution in [1.29, 1.82) is 0 Å². The summed E-state index contributed by atoms with van der Waals surface area (Å²) in [6.07, 6.45) is 2.58. The molecule has 0 aromatic carbocycles. The van der Waals surface area contributed by atoms with Gasteiger partial charge in [-0.2, -0.15) is 0 Å². The second-order valence-corrected chi connectivity index (χ2v) is 5.24. The first-order valence-corrected chi connectivity index (χ1v) is 7.37.